The van der Waals surface area contributed by atoms with Crippen molar-refractivity contribution in [3.63, 3.8) is 0 Å². The van der Waals surface area contributed by atoms with Crippen LogP contribution >= 0.6 is 0 Å². The maximum absolute atomic E-state index is 12.3. The number of benzene rings is 2. The molecule has 1 aromatic heterocycles. The van der Waals surface area contributed by atoms with E-state index >= 15 is 0 Å². The molecule has 1 heterocycles. The minimum absolute atomic E-state index is 0.0676. The molecule has 0 unspecified atom stereocenters. The lowest BCUT2D eigenvalue weighted by atomic mass is 10.1. The van der Waals surface area contributed by atoms with Crippen LogP contribution in [0.3, 0.4) is 0 Å². The van der Waals surface area contributed by atoms with Crippen molar-refractivity contribution in [2.45, 2.75) is 12.4 Å². The minimum atomic E-state index is -4.66. The molecule has 0 atom stereocenters. The van der Waals surface area contributed by atoms with Gasteiger partial charge < -0.3 is 9.72 Å². The Morgan fingerprint density at radius 3 is 2.35 bits per heavy atom. The van der Waals surface area contributed by atoms with E-state index in [0.29, 0.717) is 5.75 Å². The van der Waals surface area contributed by atoms with Crippen LogP contribution in [0.5, 0.6) is 5.75 Å². The van der Waals surface area contributed by atoms with Crippen molar-refractivity contribution in [2.75, 3.05) is 4.72 Å². The Labute approximate surface area is 148 Å². The topological polar surface area (TPSA) is 84.1 Å². The zero-order chi connectivity index (χ0) is 18.6. The number of nitrogens with zero attached hydrogens (tertiary/aromatic N) is 1. The quantitative estimate of drug-likeness (QED) is 0.657. The number of sulfonamides is 1. The van der Waals surface area contributed by atoms with Gasteiger partial charge in [-0.1, -0.05) is 12.1 Å². The molecule has 0 saturated heterocycles. The summed E-state index contributed by atoms with van der Waals surface area (Å²) < 4.78 is 54.4. The van der Waals surface area contributed by atoms with E-state index in [0.717, 1.165) is 16.8 Å². The molecule has 2 aromatic carbocycles. The van der Waals surface area contributed by atoms with Crippen molar-refractivity contribution in [3.8, 4) is 17.0 Å². The summed E-state index contributed by atoms with van der Waals surface area (Å²) in [5, 5.41) is 0. The summed E-state index contributed by atoms with van der Waals surface area (Å²) in [7, 11) is -4.66. The summed E-state index contributed by atoms with van der Waals surface area (Å²) in [6, 6.07) is 13.4. The molecule has 0 aliphatic carbocycles. The SMILES string of the molecule is O=S(=O)(Nc1ccc(COc2ccc(-c3cnc[nH]3)cc2)cc1)C(F)F. The van der Waals surface area contributed by atoms with Gasteiger partial charge >= 0.3 is 5.76 Å². The number of nitrogens with one attached hydrogen (secondary N) is 2. The molecule has 0 saturated carbocycles. The predicted molar refractivity (Wildman–Crippen MR) is 93.3 cm³/mol. The van der Waals surface area contributed by atoms with Crippen LogP contribution in [0.15, 0.2) is 61.1 Å². The third-order valence-corrected chi connectivity index (χ3v) is 4.51. The van der Waals surface area contributed by atoms with Gasteiger partial charge in [0.2, 0.25) is 0 Å². The Bertz CT molecular complexity index is 942. The average molecular weight is 379 g/mol. The van der Waals surface area contributed by atoms with Crippen molar-refractivity contribution < 1.29 is 21.9 Å². The number of alkyl halides is 2. The average Bonchev–Trinajstić information content (AvgIpc) is 3.16. The van der Waals surface area contributed by atoms with Gasteiger partial charge in [0.1, 0.15) is 12.4 Å². The monoisotopic (exact) mass is 379 g/mol. The fraction of sp³-hybridized carbons (Fsp3) is 0.118. The second-order valence-corrected chi connectivity index (χ2v) is 7.03. The third kappa shape index (κ3) is 4.37. The van der Waals surface area contributed by atoms with Crippen molar-refractivity contribution in [2.24, 2.45) is 0 Å². The highest BCUT2D eigenvalue weighted by atomic mass is 32.2. The first-order valence-electron chi connectivity index (χ1n) is 7.54. The Balaban J connectivity index is 1.58. The Hall–Kier alpha value is -2.94. The van der Waals surface area contributed by atoms with E-state index in [4.69, 9.17) is 4.74 Å². The summed E-state index contributed by atoms with van der Waals surface area (Å²) >= 11 is 0. The van der Waals surface area contributed by atoms with Gasteiger partial charge in [-0.2, -0.15) is 8.78 Å². The lowest BCUT2D eigenvalue weighted by Gasteiger charge is -2.09. The lowest BCUT2D eigenvalue weighted by Crippen LogP contribution is -2.20. The second kappa shape index (κ2) is 7.52. The van der Waals surface area contributed by atoms with Gasteiger partial charge in [0.05, 0.1) is 18.2 Å². The third-order valence-electron chi connectivity index (χ3n) is 3.52. The Morgan fingerprint density at radius 1 is 1.08 bits per heavy atom. The first kappa shape index (κ1) is 17.9. The molecule has 3 rings (SSSR count). The summed E-state index contributed by atoms with van der Waals surface area (Å²) in [6.07, 6.45) is 3.32. The second-order valence-electron chi connectivity index (χ2n) is 5.38. The molecule has 136 valence electrons. The summed E-state index contributed by atoms with van der Waals surface area (Å²) in [6.45, 7) is 0.255. The molecule has 0 aliphatic heterocycles. The van der Waals surface area contributed by atoms with Gasteiger partial charge in [-0.3, -0.25) is 4.72 Å². The number of aromatic nitrogens is 2. The number of rotatable bonds is 7. The number of aromatic amines is 1. The van der Waals surface area contributed by atoms with Gasteiger partial charge in [-0.15, -0.1) is 0 Å². The molecule has 0 aliphatic rings. The van der Waals surface area contributed by atoms with E-state index in [1.807, 2.05) is 29.0 Å². The standard InChI is InChI=1S/C17H15F2N3O3S/c18-17(19)26(23,24)22-14-5-1-12(2-6-14)10-25-15-7-3-13(4-8-15)16-9-20-11-21-16/h1-9,11,17,22H,10H2,(H,20,21). The summed E-state index contributed by atoms with van der Waals surface area (Å²) in [5.41, 5.74) is 2.71. The van der Waals surface area contributed by atoms with E-state index in [9.17, 15) is 17.2 Å². The highest BCUT2D eigenvalue weighted by Gasteiger charge is 2.23. The first-order chi connectivity index (χ1) is 12.4. The number of H-pyrrole nitrogens is 1. The van der Waals surface area contributed by atoms with Crippen molar-refractivity contribution >= 4 is 15.7 Å². The van der Waals surface area contributed by atoms with E-state index in [1.165, 1.54) is 12.1 Å². The number of anilines is 1. The highest BCUT2D eigenvalue weighted by Crippen LogP contribution is 2.21. The number of ether oxygens (including phenoxy) is 1. The maximum Gasteiger partial charge on any atom is 0.355 e. The highest BCUT2D eigenvalue weighted by molar-refractivity contribution is 7.93. The Kier molecular flexibility index (Phi) is 5.17. The number of halogens is 2. The normalized spacial score (nSPS) is 11.5. The summed E-state index contributed by atoms with van der Waals surface area (Å²) in [5.74, 6) is -2.81. The molecule has 26 heavy (non-hydrogen) atoms. The van der Waals surface area contributed by atoms with Crippen LogP contribution in [-0.2, 0) is 16.6 Å². The van der Waals surface area contributed by atoms with Crippen LogP contribution in [0.25, 0.3) is 11.3 Å². The fourth-order valence-electron chi connectivity index (χ4n) is 2.19. The molecule has 0 bridgehead atoms. The fourth-order valence-corrected chi connectivity index (χ4v) is 2.74. The molecule has 6 nitrogen and oxygen atoms in total. The summed E-state index contributed by atoms with van der Waals surface area (Å²) in [4.78, 5) is 6.98. The van der Waals surface area contributed by atoms with E-state index in [2.05, 4.69) is 9.97 Å². The zero-order valence-electron chi connectivity index (χ0n) is 13.4. The molecule has 0 spiro atoms. The molecular formula is C17H15F2N3O3S. The van der Waals surface area contributed by atoms with Gasteiger partial charge in [0.25, 0.3) is 10.0 Å². The zero-order valence-corrected chi connectivity index (χ0v) is 14.2. The number of hydrogen-bond acceptors (Lipinski definition) is 4. The molecule has 3 aromatic rings. The van der Waals surface area contributed by atoms with Crippen LogP contribution in [0.1, 0.15) is 5.56 Å². The maximum atomic E-state index is 12.3. The van der Waals surface area contributed by atoms with E-state index in [-0.39, 0.29) is 12.3 Å². The largest absolute Gasteiger partial charge is 0.489 e. The smallest absolute Gasteiger partial charge is 0.355 e. The molecule has 9 heteroatoms. The van der Waals surface area contributed by atoms with Crippen molar-refractivity contribution in [3.05, 3.63) is 66.6 Å². The lowest BCUT2D eigenvalue weighted by molar-refractivity contribution is 0.236. The van der Waals surface area contributed by atoms with Gasteiger partial charge in [-0.25, -0.2) is 13.4 Å². The van der Waals surface area contributed by atoms with Gasteiger partial charge in [0, 0.05) is 5.69 Å². The van der Waals surface area contributed by atoms with Crippen LogP contribution in [0, 0.1) is 0 Å². The number of imidazole rings is 1. The first-order valence-corrected chi connectivity index (χ1v) is 9.09. The van der Waals surface area contributed by atoms with Crippen LogP contribution in [-0.4, -0.2) is 24.1 Å². The molecule has 0 radical (unpaired) electrons. The molecule has 0 amide bonds. The van der Waals surface area contributed by atoms with Crippen molar-refractivity contribution in [1.29, 1.82) is 0 Å². The molecule has 2 N–H and O–H groups in total. The van der Waals surface area contributed by atoms with Gasteiger partial charge in [-0.05, 0) is 47.5 Å². The molecule has 0 fully saturated rings. The predicted octanol–water partition coefficient (Wildman–Crippen LogP) is 3.62. The van der Waals surface area contributed by atoms with E-state index < -0.39 is 15.8 Å². The van der Waals surface area contributed by atoms with Crippen LogP contribution in [0.4, 0.5) is 14.5 Å². The molecular weight excluding hydrogens is 364 g/mol. The van der Waals surface area contributed by atoms with Crippen LogP contribution in [0.2, 0.25) is 0 Å². The van der Waals surface area contributed by atoms with Crippen molar-refractivity contribution in [1.82, 2.24) is 9.97 Å². The van der Waals surface area contributed by atoms with Crippen LogP contribution < -0.4 is 9.46 Å². The Morgan fingerprint density at radius 2 is 1.77 bits per heavy atom. The number of hydrogen-bond donors (Lipinski definition) is 2. The van der Waals surface area contributed by atoms with Gasteiger partial charge in [0.15, 0.2) is 0 Å². The minimum Gasteiger partial charge on any atom is -0.489 e. The van der Waals surface area contributed by atoms with E-state index in [1.54, 1.807) is 24.7 Å².